The zero-order valence-corrected chi connectivity index (χ0v) is 12.1. The van der Waals surface area contributed by atoms with E-state index in [9.17, 15) is 0 Å². The summed E-state index contributed by atoms with van der Waals surface area (Å²) < 4.78 is 0. The molecule has 0 fully saturated rings. The fourth-order valence-corrected chi connectivity index (χ4v) is 1.96. The monoisotopic (exact) mass is 274 g/mol. The van der Waals surface area contributed by atoms with E-state index in [2.05, 4.69) is 34.3 Å². The van der Waals surface area contributed by atoms with Gasteiger partial charge in [0, 0.05) is 12.6 Å². The van der Waals surface area contributed by atoms with Crippen molar-refractivity contribution >= 4 is 29.2 Å². The highest BCUT2D eigenvalue weighted by molar-refractivity contribution is 7.98. The molecular weight excluding hydrogens is 256 g/mol. The molecule has 0 radical (unpaired) electrons. The number of halogens is 1. The molecular formula is C11H19ClN4S. The summed E-state index contributed by atoms with van der Waals surface area (Å²) in [4.78, 5) is 10.6. The van der Waals surface area contributed by atoms with Gasteiger partial charge >= 0.3 is 0 Å². The minimum Gasteiger partial charge on any atom is -0.370 e. The molecule has 0 aliphatic heterocycles. The van der Waals surface area contributed by atoms with Crippen LogP contribution >= 0.6 is 23.4 Å². The number of nitrogens with one attached hydrogen (secondary N) is 1. The van der Waals surface area contributed by atoms with Gasteiger partial charge in [-0.2, -0.15) is 0 Å². The average molecular weight is 275 g/mol. The third-order valence-electron chi connectivity index (χ3n) is 2.20. The highest BCUT2D eigenvalue weighted by Crippen LogP contribution is 2.17. The highest BCUT2D eigenvalue weighted by atomic mass is 35.5. The van der Waals surface area contributed by atoms with Crippen molar-refractivity contribution in [2.75, 3.05) is 38.8 Å². The number of nitrogens with zero attached hydrogens (tertiary/aromatic N) is 3. The van der Waals surface area contributed by atoms with E-state index >= 15 is 0 Å². The summed E-state index contributed by atoms with van der Waals surface area (Å²) in [5, 5.41) is 4.45. The predicted molar refractivity (Wildman–Crippen MR) is 75.1 cm³/mol. The number of hydrogen-bond donors (Lipinski definition) is 1. The number of rotatable bonds is 7. The van der Waals surface area contributed by atoms with Crippen LogP contribution < -0.4 is 5.32 Å². The second kappa shape index (κ2) is 7.74. The first-order valence-electron chi connectivity index (χ1n) is 5.59. The third kappa shape index (κ3) is 6.10. The number of hydrogen-bond acceptors (Lipinski definition) is 5. The van der Waals surface area contributed by atoms with Gasteiger partial charge in [0.1, 0.15) is 11.0 Å². The van der Waals surface area contributed by atoms with Crippen molar-refractivity contribution in [1.29, 1.82) is 0 Å². The van der Waals surface area contributed by atoms with E-state index in [1.807, 2.05) is 6.26 Å². The lowest BCUT2D eigenvalue weighted by atomic mass is 10.3. The van der Waals surface area contributed by atoms with Crippen LogP contribution in [-0.2, 0) is 0 Å². The number of aromatic nitrogens is 2. The van der Waals surface area contributed by atoms with Gasteiger partial charge in [-0.3, -0.25) is 0 Å². The topological polar surface area (TPSA) is 41.1 Å². The number of unbranched alkanes of at least 4 members (excludes halogenated alkanes) is 1. The van der Waals surface area contributed by atoms with Crippen molar-refractivity contribution in [2.45, 2.75) is 18.0 Å². The Morgan fingerprint density at radius 1 is 1.35 bits per heavy atom. The van der Waals surface area contributed by atoms with E-state index in [0.717, 1.165) is 25.3 Å². The first-order valence-corrected chi connectivity index (χ1v) is 7.19. The van der Waals surface area contributed by atoms with Gasteiger partial charge in [0.2, 0.25) is 0 Å². The molecule has 0 unspecified atom stereocenters. The Labute approximate surface area is 112 Å². The van der Waals surface area contributed by atoms with Crippen LogP contribution in [0, 0.1) is 0 Å². The van der Waals surface area contributed by atoms with Crippen molar-refractivity contribution in [2.24, 2.45) is 0 Å². The Morgan fingerprint density at radius 2 is 2.12 bits per heavy atom. The zero-order valence-electron chi connectivity index (χ0n) is 10.5. The van der Waals surface area contributed by atoms with Gasteiger partial charge < -0.3 is 10.2 Å². The van der Waals surface area contributed by atoms with Crippen molar-refractivity contribution in [1.82, 2.24) is 14.9 Å². The second-order valence-electron chi connectivity index (χ2n) is 4.00. The third-order valence-corrected chi connectivity index (χ3v) is 2.94. The summed E-state index contributed by atoms with van der Waals surface area (Å²) in [6.45, 7) is 2.03. The summed E-state index contributed by atoms with van der Waals surface area (Å²) in [7, 11) is 4.17. The van der Waals surface area contributed by atoms with Gasteiger partial charge in [0.05, 0.1) is 0 Å². The molecule has 0 amide bonds. The van der Waals surface area contributed by atoms with Gasteiger partial charge in [-0.15, -0.1) is 0 Å². The summed E-state index contributed by atoms with van der Waals surface area (Å²) in [6.07, 6.45) is 4.23. The van der Waals surface area contributed by atoms with Crippen molar-refractivity contribution in [3.63, 3.8) is 0 Å². The van der Waals surface area contributed by atoms with Crippen LogP contribution in [-0.4, -0.2) is 48.3 Å². The molecule has 1 heterocycles. The van der Waals surface area contributed by atoms with Crippen LogP contribution in [0.25, 0.3) is 0 Å². The Hall–Kier alpha value is -0.520. The Kier molecular flexibility index (Phi) is 6.62. The Morgan fingerprint density at radius 3 is 2.76 bits per heavy atom. The second-order valence-corrected chi connectivity index (χ2v) is 5.16. The van der Waals surface area contributed by atoms with Gasteiger partial charge in [-0.1, -0.05) is 23.4 Å². The van der Waals surface area contributed by atoms with Crippen LogP contribution in [0.15, 0.2) is 11.2 Å². The summed E-state index contributed by atoms with van der Waals surface area (Å²) >= 11 is 7.39. The number of anilines is 1. The number of thioether (sulfide) groups is 1. The van der Waals surface area contributed by atoms with E-state index in [1.54, 1.807) is 6.07 Å². The van der Waals surface area contributed by atoms with Crippen molar-refractivity contribution < 1.29 is 0 Å². The van der Waals surface area contributed by atoms with Crippen LogP contribution in [0.4, 0.5) is 5.82 Å². The maximum atomic E-state index is 5.90. The lowest BCUT2D eigenvalue weighted by molar-refractivity contribution is 0.396. The first kappa shape index (κ1) is 14.5. The van der Waals surface area contributed by atoms with Gasteiger partial charge in [-0.25, -0.2) is 9.97 Å². The summed E-state index contributed by atoms with van der Waals surface area (Å²) in [5.74, 6) is 0.805. The smallest absolute Gasteiger partial charge is 0.190 e. The molecule has 0 atom stereocenters. The van der Waals surface area contributed by atoms with Gasteiger partial charge in [-0.05, 0) is 39.7 Å². The minimum absolute atomic E-state index is 0.486. The molecule has 1 N–H and O–H groups in total. The largest absolute Gasteiger partial charge is 0.370 e. The van der Waals surface area contributed by atoms with Crippen LogP contribution in [0.1, 0.15) is 12.8 Å². The van der Waals surface area contributed by atoms with Gasteiger partial charge in [0.15, 0.2) is 5.16 Å². The SMILES string of the molecule is CSc1nc(Cl)cc(NCCCCN(C)C)n1. The molecule has 1 aromatic heterocycles. The maximum absolute atomic E-state index is 5.90. The molecule has 0 bridgehead atoms. The lowest BCUT2D eigenvalue weighted by Gasteiger charge is -2.10. The molecule has 0 spiro atoms. The molecule has 0 aliphatic carbocycles. The van der Waals surface area contributed by atoms with Crippen LogP contribution in [0.5, 0.6) is 0 Å². The Balaban J connectivity index is 2.33. The standard InChI is InChI=1S/C11H19ClN4S/c1-16(2)7-5-4-6-13-10-8-9(12)14-11(15-10)17-3/h8H,4-7H2,1-3H3,(H,13,14,15). The van der Waals surface area contributed by atoms with Crippen molar-refractivity contribution in [3.05, 3.63) is 11.2 Å². The van der Waals surface area contributed by atoms with Crippen LogP contribution in [0.2, 0.25) is 5.15 Å². The molecule has 0 aliphatic rings. The molecule has 96 valence electrons. The van der Waals surface area contributed by atoms with Crippen molar-refractivity contribution in [3.8, 4) is 0 Å². The molecule has 17 heavy (non-hydrogen) atoms. The minimum atomic E-state index is 0.486. The maximum Gasteiger partial charge on any atom is 0.190 e. The molecule has 1 aromatic rings. The quantitative estimate of drug-likeness (QED) is 0.358. The molecule has 0 saturated carbocycles. The molecule has 1 rings (SSSR count). The molecule has 0 saturated heterocycles. The van der Waals surface area contributed by atoms with E-state index in [0.29, 0.717) is 10.3 Å². The molecule has 4 nitrogen and oxygen atoms in total. The molecule has 0 aromatic carbocycles. The van der Waals surface area contributed by atoms with E-state index in [4.69, 9.17) is 11.6 Å². The summed E-state index contributed by atoms with van der Waals surface area (Å²) in [5.41, 5.74) is 0. The fraction of sp³-hybridized carbons (Fsp3) is 0.636. The zero-order chi connectivity index (χ0) is 12.7. The van der Waals surface area contributed by atoms with E-state index in [1.165, 1.54) is 18.2 Å². The van der Waals surface area contributed by atoms with Gasteiger partial charge in [0.25, 0.3) is 0 Å². The molecule has 6 heteroatoms. The Bertz CT molecular complexity index is 346. The van der Waals surface area contributed by atoms with Crippen LogP contribution in [0.3, 0.4) is 0 Å². The predicted octanol–water partition coefficient (Wildman–Crippen LogP) is 2.61. The highest BCUT2D eigenvalue weighted by Gasteiger charge is 2.01. The van der Waals surface area contributed by atoms with E-state index in [-0.39, 0.29) is 0 Å². The summed E-state index contributed by atoms with van der Waals surface area (Å²) in [6, 6.07) is 1.76. The first-order chi connectivity index (χ1) is 8.11. The lowest BCUT2D eigenvalue weighted by Crippen LogP contribution is -2.14. The normalized spacial score (nSPS) is 10.9. The van der Waals surface area contributed by atoms with E-state index < -0.39 is 0 Å². The average Bonchev–Trinajstić information content (AvgIpc) is 2.27. The fourth-order valence-electron chi connectivity index (χ4n) is 1.35.